The first kappa shape index (κ1) is 9.58. The van der Waals surface area contributed by atoms with E-state index in [-0.39, 0.29) is 0 Å². The van der Waals surface area contributed by atoms with Crippen LogP contribution in [0.5, 0.6) is 0 Å². The van der Waals surface area contributed by atoms with E-state index >= 15 is 0 Å². The predicted octanol–water partition coefficient (Wildman–Crippen LogP) is 1.28. The van der Waals surface area contributed by atoms with Crippen LogP contribution in [0.25, 0.3) is 0 Å². The van der Waals surface area contributed by atoms with Crippen molar-refractivity contribution in [1.29, 1.82) is 0 Å². The summed E-state index contributed by atoms with van der Waals surface area (Å²) >= 11 is 3.52. The number of aliphatic hydroxyl groups is 1. The minimum atomic E-state index is -0.472. The lowest BCUT2D eigenvalue weighted by molar-refractivity contribution is 0.286. The molecule has 0 rings (SSSR count). The van der Waals surface area contributed by atoms with Crippen LogP contribution in [0.2, 0.25) is 0 Å². The van der Waals surface area contributed by atoms with E-state index in [1.807, 2.05) is 13.8 Å². The van der Waals surface area contributed by atoms with E-state index in [4.69, 9.17) is 5.11 Å². The summed E-state index contributed by atoms with van der Waals surface area (Å²) in [4.78, 5) is 0. The van der Waals surface area contributed by atoms with Gasteiger partial charge in [0.25, 0.3) is 0 Å². The van der Waals surface area contributed by atoms with Gasteiger partial charge in [0.1, 0.15) is 0 Å². The Morgan fingerprint density at radius 2 is 1.50 bits per heavy atom. The first-order valence-corrected chi connectivity index (χ1v) is 2.61. The molecule has 0 heterocycles. The van der Waals surface area contributed by atoms with Crippen LogP contribution in [0, 0.1) is 0 Å². The molecule has 1 atom stereocenters. The van der Waals surface area contributed by atoms with Gasteiger partial charge in [0, 0.05) is 0 Å². The van der Waals surface area contributed by atoms with Crippen molar-refractivity contribution in [2.45, 2.75) is 26.2 Å². The largest absolute Gasteiger partial charge is 0.383 e. The maximum Gasteiger partial charge on any atom is 0.0936 e. The molecule has 0 aromatic carbocycles. The molecule has 0 amide bonds. The van der Waals surface area contributed by atoms with Crippen LogP contribution in [0.4, 0.5) is 0 Å². The van der Waals surface area contributed by atoms with Crippen molar-refractivity contribution in [3.63, 3.8) is 0 Å². The number of rotatable bonds is 0. The number of aliphatic hydroxyl groups excluding tert-OH is 1. The zero-order valence-electron chi connectivity index (χ0n) is 4.47. The quantitative estimate of drug-likeness (QED) is 0.354. The molecule has 0 aliphatic carbocycles. The molecule has 0 aliphatic heterocycles. The van der Waals surface area contributed by atoms with E-state index < -0.39 is 5.44 Å². The summed E-state index contributed by atoms with van der Waals surface area (Å²) in [6.07, 6.45) is 0. The van der Waals surface area contributed by atoms with E-state index in [1.165, 1.54) is 0 Å². The van der Waals surface area contributed by atoms with Crippen LogP contribution in [0.3, 0.4) is 0 Å². The fraction of sp³-hybridized carbons (Fsp3) is 1.00. The molecule has 0 bridgehead atoms. The summed E-state index contributed by atoms with van der Waals surface area (Å²) in [5, 5.41) is 7.92. The summed E-state index contributed by atoms with van der Waals surface area (Å²) in [6.45, 7) is 5.59. The highest BCUT2D eigenvalue weighted by molar-refractivity contribution is 7.80. The molecule has 1 unspecified atom stereocenters. The molecular formula is C4H12OS. The predicted molar refractivity (Wildman–Crippen MR) is 32.0 cm³/mol. The van der Waals surface area contributed by atoms with Gasteiger partial charge >= 0.3 is 0 Å². The topological polar surface area (TPSA) is 20.2 Å². The number of thiol groups is 1. The Morgan fingerprint density at radius 3 is 1.50 bits per heavy atom. The second kappa shape index (κ2) is 9.00. The van der Waals surface area contributed by atoms with Crippen molar-refractivity contribution < 1.29 is 5.11 Å². The van der Waals surface area contributed by atoms with Gasteiger partial charge in [-0.3, -0.25) is 0 Å². The average molecular weight is 108 g/mol. The van der Waals surface area contributed by atoms with Crippen molar-refractivity contribution in [1.82, 2.24) is 0 Å². The number of hydrogen-bond acceptors (Lipinski definition) is 2. The van der Waals surface area contributed by atoms with E-state index in [1.54, 1.807) is 6.92 Å². The fourth-order valence-electron chi connectivity index (χ4n) is 0. The molecule has 0 radical (unpaired) electrons. The molecule has 1 nitrogen and oxygen atoms in total. The van der Waals surface area contributed by atoms with Crippen LogP contribution in [-0.2, 0) is 0 Å². The van der Waals surface area contributed by atoms with Gasteiger partial charge in [-0.1, -0.05) is 13.8 Å². The Morgan fingerprint density at radius 1 is 1.50 bits per heavy atom. The zero-order valence-corrected chi connectivity index (χ0v) is 5.37. The highest BCUT2D eigenvalue weighted by atomic mass is 32.1. The maximum atomic E-state index is 7.92. The molecule has 0 spiro atoms. The third kappa shape index (κ3) is 491. The normalized spacial score (nSPS) is 11.5. The summed E-state index contributed by atoms with van der Waals surface area (Å²) in [7, 11) is 0. The zero-order chi connectivity index (χ0) is 5.58. The van der Waals surface area contributed by atoms with Crippen molar-refractivity contribution in [2.75, 3.05) is 0 Å². The monoisotopic (exact) mass is 108 g/mol. The van der Waals surface area contributed by atoms with Gasteiger partial charge in [-0.2, -0.15) is 0 Å². The standard InChI is InChI=1S/C2H6OS.C2H6/c1-2(3)4;1-2/h2-4H,1H3;1-2H3. The fourth-order valence-corrected chi connectivity index (χ4v) is 0. The first-order chi connectivity index (χ1) is 2.73. The van der Waals surface area contributed by atoms with Gasteiger partial charge in [0.05, 0.1) is 5.44 Å². The highest BCUT2D eigenvalue weighted by Gasteiger charge is 1.70. The third-order valence-corrected chi connectivity index (χ3v) is 0. The Labute approximate surface area is 44.8 Å². The Balaban J connectivity index is 0. The van der Waals surface area contributed by atoms with Crippen molar-refractivity contribution in [3.05, 3.63) is 0 Å². The van der Waals surface area contributed by atoms with Crippen molar-refractivity contribution in [2.24, 2.45) is 0 Å². The Bertz CT molecular complexity index is 12.3. The first-order valence-electron chi connectivity index (χ1n) is 2.09. The Kier molecular flexibility index (Phi) is 14.4. The average Bonchev–Trinajstić information content (AvgIpc) is 1.41. The van der Waals surface area contributed by atoms with E-state index in [0.29, 0.717) is 0 Å². The van der Waals surface area contributed by atoms with Gasteiger partial charge in [-0.15, -0.1) is 12.6 Å². The van der Waals surface area contributed by atoms with Crippen molar-refractivity contribution >= 4 is 12.6 Å². The molecule has 0 fully saturated rings. The Hall–Kier alpha value is 0.310. The second-order valence-corrected chi connectivity index (χ2v) is 1.38. The van der Waals surface area contributed by atoms with Gasteiger partial charge in [-0.25, -0.2) is 0 Å². The molecule has 1 N–H and O–H groups in total. The summed E-state index contributed by atoms with van der Waals surface area (Å²) in [6, 6.07) is 0. The van der Waals surface area contributed by atoms with Gasteiger partial charge < -0.3 is 5.11 Å². The lowest BCUT2D eigenvalue weighted by Gasteiger charge is -1.79. The van der Waals surface area contributed by atoms with Crippen LogP contribution in [0.1, 0.15) is 20.8 Å². The minimum Gasteiger partial charge on any atom is -0.383 e. The molecule has 0 aromatic heterocycles. The molecule has 40 valence electrons. The summed E-state index contributed by atoms with van der Waals surface area (Å²) in [5.41, 5.74) is -0.472. The van der Waals surface area contributed by atoms with Crippen molar-refractivity contribution in [3.8, 4) is 0 Å². The summed E-state index contributed by atoms with van der Waals surface area (Å²) < 4.78 is 0. The molecule has 2 heteroatoms. The molecule has 0 saturated heterocycles. The van der Waals surface area contributed by atoms with Gasteiger partial charge in [-0.05, 0) is 6.92 Å². The SMILES string of the molecule is CC.CC(O)S. The smallest absolute Gasteiger partial charge is 0.0936 e. The highest BCUT2D eigenvalue weighted by Crippen LogP contribution is 1.78. The van der Waals surface area contributed by atoms with Crippen LogP contribution in [0.15, 0.2) is 0 Å². The van der Waals surface area contributed by atoms with E-state index in [0.717, 1.165) is 0 Å². The molecule has 0 aromatic rings. The minimum absolute atomic E-state index is 0.472. The van der Waals surface area contributed by atoms with Crippen LogP contribution >= 0.6 is 12.6 Å². The third-order valence-electron chi connectivity index (χ3n) is 0. The van der Waals surface area contributed by atoms with Crippen LogP contribution < -0.4 is 0 Å². The lowest BCUT2D eigenvalue weighted by atomic mass is 10.9. The molecule has 0 saturated carbocycles. The second-order valence-electron chi connectivity index (χ2n) is 0.632. The van der Waals surface area contributed by atoms with Gasteiger partial charge in [0.2, 0.25) is 0 Å². The molecule has 0 aliphatic rings. The molecule has 6 heavy (non-hydrogen) atoms. The van der Waals surface area contributed by atoms with E-state index in [2.05, 4.69) is 12.6 Å². The lowest BCUT2D eigenvalue weighted by Crippen LogP contribution is -1.79. The van der Waals surface area contributed by atoms with Gasteiger partial charge in [0.15, 0.2) is 0 Å². The summed E-state index contributed by atoms with van der Waals surface area (Å²) in [5.74, 6) is 0. The molecular weight excluding hydrogens is 96.1 g/mol. The van der Waals surface area contributed by atoms with Crippen LogP contribution in [-0.4, -0.2) is 10.5 Å². The number of hydrogen-bond donors (Lipinski definition) is 2. The van der Waals surface area contributed by atoms with E-state index in [9.17, 15) is 0 Å². The maximum absolute atomic E-state index is 7.92.